The molecular weight excluding hydrogens is 217 g/mol. The fraction of sp³-hybridized carbons (Fsp3) is 0.500. The highest BCUT2D eigenvalue weighted by Gasteiger charge is 2.16. The van der Waals surface area contributed by atoms with E-state index in [2.05, 4.69) is 12.2 Å². The summed E-state index contributed by atoms with van der Waals surface area (Å²) in [5.74, 6) is -0.480. The maximum Gasteiger partial charge on any atom is 0.227 e. The highest BCUT2D eigenvalue weighted by atomic mass is 19.1. The van der Waals surface area contributed by atoms with Crippen LogP contribution in [-0.4, -0.2) is 5.91 Å². The number of anilines is 1. The van der Waals surface area contributed by atoms with Crippen molar-refractivity contribution in [2.45, 2.75) is 39.5 Å². The van der Waals surface area contributed by atoms with E-state index in [1.165, 1.54) is 6.07 Å². The molecule has 0 heterocycles. The Bertz CT molecular complexity index is 365. The van der Waals surface area contributed by atoms with E-state index in [9.17, 15) is 9.18 Å². The van der Waals surface area contributed by atoms with Gasteiger partial charge in [-0.25, -0.2) is 4.39 Å². The lowest BCUT2D eigenvalue weighted by Gasteiger charge is -2.14. The van der Waals surface area contributed by atoms with Gasteiger partial charge >= 0.3 is 0 Å². The van der Waals surface area contributed by atoms with E-state index in [1.54, 1.807) is 18.2 Å². The Labute approximate surface area is 102 Å². The monoisotopic (exact) mass is 237 g/mol. The summed E-state index contributed by atoms with van der Waals surface area (Å²) in [6.07, 6.45) is 3.76. The summed E-state index contributed by atoms with van der Waals surface area (Å²) in [4.78, 5) is 11.9. The summed E-state index contributed by atoms with van der Waals surface area (Å²) in [6, 6.07) is 6.26. The molecule has 1 atom stereocenters. The van der Waals surface area contributed by atoms with Crippen LogP contribution in [0.15, 0.2) is 24.3 Å². The van der Waals surface area contributed by atoms with E-state index in [4.69, 9.17) is 0 Å². The molecule has 1 amide bonds. The second-order valence-corrected chi connectivity index (χ2v) is 4.22. The highest BCUT2D eigenvalue weighted by Crippen LogP contribution is 2.18. The van der Waals surface area contributed by atoms with Crippen LogP contribution in [-0.2, 0) is 4.79 Å². The fourth-order valence-electron chi connectivity index (χ4n) is 1.77. The third kappa shape index (κ3) is 4.17. The van der Waals surface area contributed by atoms with E-state index in [1.807, 2.05) is 6.92 Å². The Morgan fingerprint density at radius 3 is 2.65 bits per heavy atom. The van der Waals surface area contributed by atoms with E-state index >= 15 is 0 Å². The molecule has 0 spiro atoms. The molecule has 0 aromatic heterocycles. The molecule has 0 unspecified atom stereocenters. The number of hydrogen-bond donors (Lipinski definition) is 1. The van der Waals surface area contributed by atoms with E-state index in [-0.39, 0.29) is 23.3 Å². The van der Waals surface area contributed by atoms with Gasteiger partial charge in [-0.1, -0.05) is 38.8 Å². The minimum atomic E-state index is -0.383. The maximum atomic E-state index is 13.4. The van der Waals surface area contributed by atoms with Crippen LogP contribution in [0.1, 0.15) is 39.5 Å². The maximum absolute atomic E-state index is 13.4. The van der Waals surface area contributed by atoms with Crippen LogP contribution in [0.5, 0.6) is 0 Å². The molecule has 0 fully saturated rings. The molecule has 3 heteroatoms. The van der Waals surface area contributed by atoms with Gasteiger partial charge in [-0.3, -0.25) is 4.79 Å². The van der Waals surface area contributed by atoms with Gasteiger partial charge in [0.1, 0.15) is 5.82 Å². The van der Waals surface area contributed by atoms with Gasteiger partial charge in [-0.05, 0) is 25.0 Å². The molecule has 1 rings (SSSR count). The van der Waals surface area contributed by atoms with Crippen molar-refractivity contribution >= 4 is 11.6 Å². The molecule has 94 valence electrons. The Morgan fingerprint density at radius 1 is 1.35 bits per heavy atom. The van der Waals surface area contributed by atoms with Crippen molar-refractivity contribution in [3.63, 3.8) is 0 Å². The van der Waals surface area contributed by atoms with Gasteiger partial charge in [0.05, 0.1) is 5.69 Å². The van der Waals surface area contributed by atoms with Gasteiger partial charge in [0.2, 0.25) is 5.91 Å². The molecule has 0 aliphatic heterocycles. The van der Waals surface area contributed by atoms with Crippen molar-refractivity contribution < 1.29 is 9.18 Å². The molecule has 2 nitrogen and oxygen atoms in total. The Morgan fingerprint density at radius 2 is 2.06 bits per heavy atom. The highest BCUT2D eigenvalue weighted by molar-refractivity contribution is 5.92. The average Bonchev–Trinajstić information content (AvgIpc) is 2.33. The quantitative estimate of drug-likeness (QED) is 0.796. The van der Waals surface area contributed by atoms with Crippen LogP contribution < -0.4 is 5.32 Å². The standard InChI is InChI=1S/C14H20FNO/c1-3-5-8-11(4-2)14(17)16-13-10-7-6-9-12(13)15/h6-7,9-11H,3-5,8H2,1-2H3,(H,16,17)/t11-/m0/s1. The van der Waals surface area contributed by atoms with Crippen LogP contribution in [0.2, 0.25) is 0 Å². The molecule has 0 aliphatic rings. The van der Waals surface area contributed by atoms with Crippen molar-refractivity contribution in [2.75, 3.05) is 5.32 Å². The molecule has 0 saturated heterocycles. The zero-order valence-corrected chi connectivity index (χ0v) is 10.5. The molecule has 0 saturated carbocycles. The second-order valence-electron chi connectivity index (χ2n) is 4.22. The average molecular weight is 237 g/mol. The molecule has 1 N–H and O–H groups in total. The van der Waals surface area contributed by atoms with Crippen molar-refractivity contribution in [1.82, 2.24) is 0 Å². The van der Waals surface area contributed by atoms with E-state index in [0.717, 1.165) is 25.7 Å². The molecule has 0 bridgehead atoms. The molecule has 1 aromatic carbocycles. The van der Waals surface area contributed by atoms with Crippen molar-refractivity contribution in [1.29, 1.82) is 0 Å². The first kappa shape index (κ1) is 13.7. The number of carbonyl (C=O) groups excluding carboxylic acids is 1. The zero-order valence-electron chi connectivity index (χ0n) is 10.5. The van der Waals surface area contributed by atoms with Gasteiger partial charge in [0.15, 0.2) is 0 Å². The number of para-hydroxylation sites is 1. The van der Waals surface area contributed by atoms with Crippen molar-refractivity contribution in [3.05, 3.63) is 30.1 Å². The number of carbonyl (C=O) groups is 1. The Kier molecular flexibility index (Phi) is 5.67. The SMILES string of the molecule is CCCC[C@H](CC)C(=O)Nc1ccccc1F. The lowest BCUT2D eigenvalue weighted by Crippen LogP contribution is -2.22. The zero-order chi connectivity index (χ0) is 12.7. The van der Waals surface area contributed by atoms with Gasteiger partial charge in [-0.15, -0.1) is 0 Å². The minimum absolute atomic E-state index is 0.0189. The minimum Gasteiger partial charge on any atom is -0.323 e. The molecule has 0 aliphatic carbocycles. The van der Waals surface area contributed by atoms with Gasteiger partial charge in [0.25, 0.3) is 0 Å². The number of rotatable bonds is 6. The lowest BCUT2D eigenvalue weighted by atomic mass is 9.98. The first-order valence-electron chi connectivity index (χ1n) is 6.24. The van der Waals surface area contributed by atoms with E-state index < -0.39 is 0 Å². The summed E-state index contributed by atoms with van der Waals surface area (Å²) in [7, 11) is 0. The summed E-state index contributed by atoms with van der Waals surface area (Å²) < 4.78 is 13.4. The third-order valence-corrected chi connectivity index (χ3v) is 2.90. The molecular formula is C14H20FNO. The van der Waals surface area contributed by atoms with Crippen LogP contribution in [0.3, 0.4) is 0 Å². The summed E-state index contributed by atoms with van der Waals surface area (Å²) in [5.41, 5.74) is 0.271. The third-order valence-electron chi connectivity index (χ3n) is 2.90. The van der Waals surface area contributed by atoms with Crippen molar-refractivity contribution in [2.24, 2.45) is 5.92 Å². The first-order valence-corrected chi connectivity index (χ1v) is 6.24. The topological polar surface area (TPSA) is 29.1 Å². The van der Waals surface area contributed by atoms with E-state index in [0.29, 0.717) is 0 Å². The summed E-state index contributed by atoms with van der Waals surface area (Å²) in [6.45, 7) is 4.09. The Balaban J connectivity index is 2.61. The number of nitrogens with one attached hydrogen (secondary N) is 1. The predicted molar refractivity (Wildman–Crippen MR) is 68.3 cm³/mol. The van der Waals surface area contributed by atoms with Crippen LogP contribution in [0.25, 0.3) is 0 Å². The molecule has 17 heavy (non-hydrogen) atoms. The largest absolute Gasteiger partial charge is 0.323 e. The number of benzene rings is 1. The van der Waals surface area contributed by atoms with Gasteiger partial charge < -0.3 is 5.32 Å². The van der Waals surface area contributed by atoms with Gasteiger partial charge in [-0.2, -0.15) is 0 Å². The number of unbranched alkanes of at least 4 members (excludes halogenated alkanes) is 1. The van der Waals surface area contributed by atoms with Crippen LogP contribution in [0, 0.1) is 11.7 Å². The smallest absolute Gasteiger partial charge is 0.227 e. The van der Waals surface area contributed by atoms with Crippen LogP contribution >= 0.6 is 0 Å². The fourth-order valence-corrected chi connectivity index (χ4v) is 1.77. The second kappa shape index (κ2) is 7.05. The summed E-state index contributed by atoms with van der Waals surface area (Å²) in [5, 5.41) is 2.66. The van der Waals surface area contributed by atoms with Gasteiger partial charge in [0, 0.05) is 5.92 Å². The molecule has 0 radical (unpaired) electrons. The predicted octanol–water partition coefficient (Wildman–Crippen LogP) is 3.98. The van der Waals surface area contributed by atoms with Crippen molar-refractivity contribution in [3.8, 4) is 0 Å². The van der Waals surface area contributed by atoms with Crippen LogP contribution in [0.4, 0.5) is 10.1 Å². The first-order chi connectivity index (χ1) is 8.19. The number of halogens is 1. The lowest BCUT2D eigenvalue weighted by molar-refractivity contribution is -0.120. The number of hydrogen-bond acceptors (Lipinski definition) is 1. The molecule has 1 aromatic rings. The Hall–Kier alpha value is -1.38. The normalized spacial score (nSPS) is 12.2. The summed E-state index contributed by atoms with van der Waals surface area (Å²) >= 11 is 0. The number of amides is 1.